The summed E-state index contributed by atoms with van der Waals surface area (Å²) < 4.78 is 6.02. The number of ether oxygens (including phenoxy) is 1. The third-order valence-electron chi connectivity index (χ3n) is 4.78. The molecule has 142 valence electrons. The number of aryl methyl sites for hydroxylation is 1. The van der Waals surface area contributed by atoms with E-state index >= 15 is 0 Å². The maximum absolute atomic E-state index is 11.0. The molecule has 0 aliphatic carbocycles. The van der Waals surface area contributed by atoms with E-state index in [1.165, 1.54) is 5.56 Å². The molecule has 4 heteroatoms. The fourth-order valence-corrected chi connectivity index (χ4v) is 3.24. The van der Waals surface area contributed by atoms with Gasteiger partial charge in [-0.3, -0.25) is 0 Å². The molecule has 3 aromatic rings. The molecule has 3 rings (SSSR count). The quantitative estimate of drug-likeness (QED) is 0.440. The van der Waals surface area contributed by atoms with E-state index < -0.39 is 0 Å². The predicted octanol–water partition coefficient (Wildman–Crippen LogP) is 5.84. The molecule has 0 unspecified atom stereocenters. The second kappa shape index (κ2) is 8.67. The molecule has 0 fully saturated rings. The minimum Gasteiger partial charge on any atom is -0.505 e. The number of aromatic hydroxyl groups is 1. The SMILES string of the molecule is CCCCOc1cc(-c2c(NC)[nH]c(-c3ccccc3)c2O)ccc1CC. The Morgan fingerprint density at radius 2 is 1.81 bits per heavy atom. The van der Waals surface area contributed by atoms with Gasteiger partial charge in [-0.2, -0.15) is 0 Å². The van der Waals surface area contributed by atoms with Crippen LogP contribution in [-0.2, 0) is 6.42 Å². The lowest BCUT2D eigenvalue weighted by Crippen LogP contribution is -2.00. The first-order valence-electron chi connectivity index (χ1n) is 9.63. The predicted molar refractivity (Wildman–Crippen MR) is 113 cm³/mol. The second-order valence-corrected chi connectivity index (χ2v) is 6.59. The summed E-state index contributed by atoms with van der Waals surface area (Å²) in [6.07, 6.45) is 3.04. The van der Waals surface area contributed by atoms with Crippen LogP contribution in [0.25, 0.3) is 22.4 Å². The molecule has 27 heavy (non-hydrogen) atoms. The molecular formula is C23H28N2O2. The fourth-order valence-electron chi connectivity index (χ4n) is 3.24. The number of hydrogen-bond donors (Lipinski definition) is 3. The molecule has 3 N–H and O–H groups in total. The van der Waals surface area contributed by atoms with Crippen LogP contribution in [0.5, 0.6) is 11.5 Å². The van der Waals surface area contributed by atoms with Crippen LogP contribution < -0.4 is 10.1 Å². The minimum absolute atomic E-state index is 0.245. The third-order valence-corrected chi connectivity index (χ3v) is 4.78. The lowest BCUT2D eigenvalue weighted by molar-refractivity contribution is 0.306. The van der Waals surface area contributed by atoms with Crippen LogP contribution in [0.3, 0.4) is 0 Å². The van der Waals surface area contributed by atoms with Crippen molar-refractivity contribution in [2.75, 3.05) is 19.0 Å². The molecule has 0 aliphatic heterocycles. The summed E-state index contributed by atoms with van der Waals surface area (Å²) in [4.78, 5) is 3.31. The van der Waals surface area contributed by atoms with Gasteiger partial charge < -0.3 is 20.1 Å². The van der Waals surface area contributed by atoms with Crippen molar-refractivity contribution in [2.45, 2.75) is 33.1 Å². The Morgan fingerprint density at radius 1 is 1.04 bits per heavy atom. The van der Waals surface area contributed by atoms with Crippen LogP contribution >= 0.6 is 0 Å². The number of H-pyrrole nitrogens is 1. The zero-order chi connectivity index (χ0) is 19.2. The number of unbranched alkanes of at least 4 members (excludes halogenated alkanes) is 1. The Balaban J connectivity index is 2.05. The number of aromatic amines is 1. The maximum atomic E-state index is 11.0. The van der Waals surface area contributed by atoms with Gasteiger partial charge in [-0.05, 0) is 30.0 Å². The van der Waals surface area contributed by atoms with Crippen molar-refractivity contribution in [3.8, 4) is 33.9 Å². The lowest BCUT2D eigenvalue weighted by Gasteiger charge is -2.13. The molecule has 0 saturated heterocycles. The van der Waals surface area contributed by atoms with Crippen LogP contribution in [0.2, 0.25) is 0 Å². The van der Waals surface area contributed by atoms with E-state index in [0.717, 1.165) is 47.5 Å². The highest BCUT2D eigenvalue weighted by Crippen LogP contribution is 2.44. The maximum Gasteiger partial charge on any atom is 0.151 e. The first-order valence-corrected chi connectivity index (χ1v) is 9.63. The van der Waals surface area contributed by atoms with E-state index in [1.54, 1.807) is 0 Å². The monoisotopic (exact) mass is 364 g/mol. The highest BCUT2D eigenvalue weighted by atomic mass is 16.5. The Bertz CT molecular complexity index is 885. The van der Waals surface area contributed by atoms with Gasteiger partial charge in [0.15, 0.2) is 5.75 Å². The topological polar surface area (TPSA) is 57.3 Å². The standard InChI is InChI=1S/C23H28N2O2/c1-4-6-14-27-19-15-18(13-12-16(19)5-2)20-22(26)21(25-23(20)24-3)17-10-8-7-9-11-17/h7-13,15,24-26H,4-6,14H2,1-3H3. The number of anilines is 1. The lowest BCUT2D eigenvalue weighted by atomic mass is 10.0. The highest BCUT2D eigenvalue weighted by Gasteiger charge is 2.20. The van der Waals surface area contributed by atoms with Crippen LogP contribution in [0.1, 0.15) is 32.3 Å². The van der Waals surface area contributed by atoms with Crippen molar-refractivity contribution in [1.29, 1.82) is 0 Å². The average molecular weight is 364 g/mol. The van der Waals surface area contributed by atoms with Crippen LogP contribution in [0.15, 0.2) is 48.5 Å². The van der Waals surface area contributed by atoms with Gasteiger partial charge in [-0.1, -0.05) is 62.7 Å². The van der Waals surface area contributed by atoms with Gasteiger partial charge in [0.25, 0.3) is 0 Å². The summed E-state index contributed by atoms with van der Waals surface area (Å²) in [7, 11) is 1.85. The molecule has 0 saturated carbocycles. The molecule has 1 aromatic heterocycles. The van der Waals surface area contributed by atoms with Crippen LogP contribution in [0, 0.1) is 0 Å². The van der Waals surface area contributed by atoms with E-state index in [4.69, 9.17) is 4.74 Å². The molecule has 0 radical (unpaired) electrons. The minimum atomic E-state index is 0.245. The number of nitrogens with one attached hydrogen (secondary N) is 2. The average Bonchev–Trinajstić information content (AvgIpc) is 3.05. The summed E-state index contributed by atoms with van der Waals surface area (Å²) in [5.74, 6) is 1.93. The molecule has 4 nitrogen and oxygen atoms in total. The number of benzene rings is 2. The summed E-state index contributed by atoms with van der Waals surface area (Å²) in [5, 5.41) is 14.1. The number of rotatable bonds is 8. The summed E-state index contributed by atoms with van der Waals surface area (Å²) >= 11 is 0. The third kappa shape index (κ3) is 3.95. The van der Waals surface area contributed by atoms with Crippen molar-refractivity contribution < 1.29 is 9.84 Å². The van der Waals surface area contributed by atoms with Gasteiger partial charge >= 0.3 is 0 Å². The largest absolute Gasteiger partial charge is 0.505 e. The number of aromatic nitrogens is 1. The van der Waals surface area contributed by atoms with Crippen molar-refractivity contribution in [3.05, 3.63) is 54.1 Å². The second-order valence-electron chi connectivity index (χ2n) is 6.59. The zero-order valence-corrected chi connectivity index (χ0v) is 16.3. The number of hydrogen-bond acceptors (Lipinski definition) is 3. The summed E-state index contributed by atoms with van der Waals surface area (Å²) in [6.45, 7) is 4.99. The van der Waals surface area contributed by atoms with E-state index in [1.807, 2.05) is 49.5 Å². The molecule has 0 atom stereocenters. The van der Waals surface area contributed by atoms with E-state index in [-0.39, 0.29) is 5.75 Å². The molecular weight excluding hydrogens is 336 g/mol. The normalized spacial score (nSPS) is 10.8. The van der Waals surface area contributed by atoms with E-state index in [9.17, 15) is 5.11 Å². The molecule has 0 bridgehead atoms. The van der Waals surface area contributed by atoms with Crippen molar-refractivity contribution in [3.63, 3.8) is 0 Å². The van der Waals surface area contributed by atoms with Crippen LogP contribution in [0.4, 0.5) is 5.82 Å². The van der Waals surface area contributed by atoms with Gasteiger partial charge in [0, 0.05) is 12.6 Å². The van der Waals surface area contributed by atoms with Crippen molar-refractivity contribution in [1.82, 2.24) is 4.98 Å². The smallest absolute Gasteiger partial charge is 0.151 e. The van der Waals surface area contributed by atoms with E-state index in [0.29, 0.717) is 12.3 Å². The zero-order valence-electron chi connectivity index (χ0n) is 16.3. The van der Waals surface area contributed by atoms with Crippen LogP contribution in [-0.4, -0.2) is 23.7 Å². The summed E-state index contributed by atoms with van der Waals surface area (Å²) in [5.41, 5.74) is 4.53. The first kappa shape index (κ1) is 18.9. The highest BCUT2D eigenvalue weighted by molar-refractivity contribution is 5.90. The van der Waals surface area contributed by atoms with Gasteiger partial charge in [-0.15, -0.1) is 0 Å². The molecule has 0 amide bonds. The fraction of sp³-hybridized carbons (Fsp3) is 0.304. The van der Waals surface area contributed by atoms with Gasteiger partial charge in [0.05, 0.1) is 17.9 Å². The van der Waals surface area contributed by atoms with Gasteiger partial charge in [0.2, 0.25) is 0 Å². The molecule has 0 spiro atoms. The molecule has 0 aliphatic rings. The molecule has 2 aromatic carbocycles. The first-order chi connectivity index (χ1) is 13.2. The van der Waals surface area contributed by atoms with Gasteiger partial charge in [-0.25, -0.2) is 0 Å². The van der Waals surface area contributed by atoms with Gasteiger partial charge in [0.1, 0.15) is 11.6 Å². The van der Waals surface area contributed by atoms with E-state index in [2.05, 4.69) is 30.2 Å². The summed E-state index contributed by atoms with van der Waals surface area (Å²) in [6, 6.07) is 16.0. The Morgan fingerprint density at radius 3 is 2.48 bits per heavy atom. The molecule has 1 heterocycles. The van der Waals surface area contributed by atoms with Crippen molar-refractivity contribution >= 4 is 5.82 Å². The Labute approximate surface area is 161 Å². The van der Waals surface area contributed by atoms with Crippen molar-refractivity contribution in [2.24, 2.45) is 0 Å². The Hall–Kier alpha value is -2.88. The Kier molecular flexibility index (Phi) is 6.07.